The Morgan fingerprint density at radius 1 is 1.47 bits per heavy atom. The number of aliphatic hydroxyl groups excluding tert-OH is 1. The molecule has 1 unspecified atom stereocenters. The van der Waals surface area contributed by atoms with Crippen molar-refractivity contribution in [3.8, 4) is 0 Å². The van der Waals surface area contributed by atoms with Gasteiger partial charge in [-0.1, -0.05) is 0 Å². The lowest BCUT2D eigenvalue weighted by Crippen LogP contribution is -2.32. The van der Waals surface area contributed by atoms with Gasteiger partial charge in [0, 0.05) is 12.6 Å². The fraction of sp³-hybridized carbons (Fsp3) is 0.500. The van der Waals surface area contributed by atoms with Gasteiger partial charge in [-0.3, -0.25) is 0 Å². The molecule has 4 N–H and O–H groups in total. The van der Waals surface area contributed by atoms with Crippen LogP contribution in [-0.4, -0.2) is 26.2 Å². The highest BCUT2D eigenvalue weighted by atomic mass is 32.2. The minimum absolute atomic E-state index is 0.00860. The van der Waals surface area contributed by atoms with E-state index in [0.717, 1.165) is 6.07 Å². The number of anilines is 1. The lowest BCUT2D eigenvalue weighted by atomic mass is 10.2. The van der Waals surface area contributed by atoms with E-state index < -0.39 is 15.8 Å². The van der Waals surface area contributed by atoms with Crippen LogP contribution in [0.1, 0.15) is 25.3 Å². The highest BCUT2D eigenvalue weighted by molar-refractivity contribution is 7.89. The van der Waals surface area contributed by atoms with Gasteiger partial charge in [-0.2, -0.15) is 0 Å². The molecule has 0 bridgehead atoms. The lowest BCUT2D eigenvalue weighted by Gasteiger charge is -2.14. The molecule has 0 saturated heterocycles. The largest absolute Gasteiger partial charge is 0.396 e. The predicted octanol–water partition coefficient (Wildman–Crippen LogP) is 1.16. The molecule has 19 heavy (non-hydrogen) atoms. The summed E-state index contributed by atoms with van der Waals surface area (Å²) >= 11 is 0. The van der Waals surface area contributed by atoms with Crippen LogP contribution in [0.2, 0.25) is 0 Å². The van der Waals surface area contributed by atoms with Gasteiger partial charge >= 0.3 is 0 Å². The summed E-state index contributed by atoms with van der Waals surface area (Å²) < 4.78 is 40.0. The molecule has 0 aliphatic rings. The Morgan fingerprint density at radius 3 is 2.63 bits per heavy atom. The van der Waals surface area contributed by atoms with Crippen molar-refractivity contribution < 1.29 is 17.9 Å². The Bertz CT molecular complexity index is 523. The van der Waals surface area contributed by atoms with E-state index in [2.05, 4.69) is 4.72 Å². The summed E-state index contributed by atoms with van der Waals surface area (Å²) in [6, 6.07) is 2.03. The third kappa shape index (κ3) is 4.15. The Hall–Kier alpha value is -1.18. The van der Waals surface area contributed by atoms with Crippen LogP contribution >= 0.6 is 0 Å². The average molecular weight is 290 g/mol. The fourth-order valence-corrected chi connectivity index (χ4v) is 3.10. The first-order valence-corrected chi connectivity index (χ1v) is 7.45. The van der Waals surface area contributed by atoms with Crippen LogP contribution in [0, 0.1) is 12.7 Å². The normalized spacial score (nSPS) is 13.5. The Morgan fingerprint density at radius 2 is 2.11 bits per heavy atom. The smallest absolute Gasteiger partial charge is 0.240 e. The zero-order chi connectivity index (χ0) is 14.6. The van der Waals surface area contributed by atoms with Gasteiger partial charge in [0.1, 0.15) is 5.82 Å². The number of nitrogen functional groups attached to an aromatic ring is 1. The van der Waals surface area contributed by atoms with E-state index >= 15 is 0 Å². The van der Waals surface area contributed by atoms with Crippen LogP contribution in [-0.2, 0) is 10.0 Å². The van der Waals surface area contributed by atoms with Crippen molar-refractivity contribution in [2.75, 3.05) is 12.3 Å². The summed E-state index contributed by atoms with van der Waals surface area (Å²) in [5.74, 6) is -0.604. The van der Waals surface area contributed by atoms with Crippen molar-refractivity contribution in [2.24, 2.45) is 0 Å². The van der Waals surface area contributed by atoms with Crippen molar-refractivity contribution in [1.29, 1.82) is 0 Å². The number of hydrogen-bond donors (Lipinski definition) is 3. The molecule has 0 saturated carbocycles. The van der Waals surface area contributed by atoms with Gasteiger partial charge in [-0.05, 0) is 44.4 Å². The highest BCUT2D eigenvalue weighted by Gasteiger charge is 2.19. The fourth-order valence-electron chi connectivity index (χ4n) is 1.71. The van der Waals surface area contributed by atoms with E-state index in [0.29, 0.717) is 12.8 Å². The molecule has 108 valence electrons. The Labute approximate surface area is 112 Å². The first-order chi connectivity index (χ1) is 8.77. The standard InChI is InChI=1S/C12H19FN2O3S/c1-8-6-10(7-11(14)12(8)13)19(17,18)15-9(2)4-3-5-16/h6-7,9,15-16H,3-5,14H2,1-2H3. The molecule has 0 heterocycles. The molecule has 0 radical (unpaired) electrons. The van der Waals surface area contributed by atoms with Gasteiger partial charge in [0.05, 0.1) is 10.6 Å². The maximum absolute atomic E-state index is 13.4. The van der Waals surface area contributed by atoms with Gasteiger partial charge in [0.25, 0.3) is 0 Å². The van der Waals surface area contributed by atoms with E-state index in [1.165, 1.54) is 13.0 Å². The molecule has 7 heteroatoms. The van der Waals surface area contributed by atoms with Crippen LogP contribution in [0.25, 0.3) is 0 Å². The van der Waals surface area contributed by atoms with Gasteiger partial charge in [-0.15, -0.1) is 0 Å². The van der Waals surface area contributed by atoms with Crippen LogP contribution in [0.3, 0.4) is 0 Å². The Kier molecular flexibility index (Phi) is 5.28. The summed E-state index contributed by atoms with van der Waals surface area (Å²) in [7, 11) is -3.73. The molecule has 1 atom stereocenters. The second kappa shape index (κ2) is 6.31. The van der Waals surface area contributed by atoms with E-state index in [4.69, 9.17) is 10.8 Å². The van der Waals surface area contributed by atoms with Crippen molar-refractivity contribution in [2.45, 2.75) is 37.6 Å². The van der Waals surface area contributed by atoms with Gasteiger partial charge in [0.2, 0.25) is 10.0 Å². The molecular weight excluding hydrogens is 271 g/mol. The third-order valence-corrected chi connectivity index (χ3v) is 4.29. The number of hydrogen-bond acceptors (Lipinski definition) is 4. The molecule has 0 fully saturated rings. The maximum Gasteiger partial charge on any atom is 0.240 e. The number of aliphatic hydroxyl groups is 1. The molecule has 1 aromatic rings. The molecule has 1 rings (SSSR count). The van der Waals surface area contributed by atoms with Gasteiger partial charge in [-0.25, -0.2) is 17.5 Å². The second-order valence-electron chi connectivity index (χ2n) is 4.53. The Balaban J connectivity index is 2.95. The highest BCUT2D eigenvalue weighted by Crippen LogP contribution is 2.21. The molecular formula is C12H19FN2O3S. The average Bonchev–Trinajstić information content (AvgIpc) is 2.32. The minimum Gasteiger partial charge on any atom is -0.396 e. The number of aryl methyl sites for hydroxylation is 1. The monoisotopic (exact) mass is 290 g/mol. The van der Waals surface area contributed by atoms with E-state index in [1.807, 2.05) is 0 Å². The van der Waals surface area contributed by atoms with Crippen molar-refractivity contribution in [1.82, 2.24) is 4.72 Å². The van der Waals surface area contributed by atoms with Crippen molar-refractivity contribution >= 4 is 15.7 Å². The number of nitrogens with two attached hydrogens (primary N) is 1. The van der Waals surface area contributed by atoms with Crippen molar-refractivity contribution in [3.05, 3.63) is 23.5 Å². The molecule has 0 aliphatic heterocycles. The topological polar surface area (TPSA) is 92.4 Å². The molecule has 0 aliphatic carbocycles. The number of sulfonamides is 1. The maximum atomic E-state index is 13.4. The van der Waals surface area contributed by atoms with E-state index in [9.17, 15) is 12.8 Å². The lowest BCUT2D eigenvalue weighted by molar-refractivity contribution is 0.279. The zero-order valence-electron chi connectivity index (χ0n) is 11.0. The van der Waals surface area contributed by atoms with E-state index in [1.54, 1.807) is 6.92 Å². The van der Waals surface area contributed by atoms with E-state index in [-0.39, 0.29) is 28.8 Å². The van der Waals surface area contributed by atoms with Crippen molar-refractivity contribution in [3.63, 3.8) is 0 Å². The first kappa shape index (κ1) is 15.9. The molecule has 0 spiro atoms. The molecule has 0 aromatic heterocycles. The van der Waals surface area contributed by atoms with Gasteiger partial charge in [0.15, 0.2) is 0 Å². The number of rotatable bonds is 6. The quantitative estimate of drug-likeness (QED) is 0.685. The molecule has 0 amide bonds. The van der Waals surface area contributed by atoms with Crippen LogP contribution in [0.15, 0.2) is 17.0 Å². The summed E-state index contributed by atoms with van der Waals surface area (Å²) in [6.07, 6.45) is 1.03. The van der Waals surface area contributed by atoms with Gasteiger partial charge < -0.3 is 10.8 Å². The minimum atomic E-state index is -3.73. The number of halogens is 1. The predicted molar refractivity (Wildman–Crippen MR) is 71.7 cm³/mol. The molecule has 5 nitrogen and oxygen atoms in total. The summed E-state index contributed by atoms with van der Waals surface area (Å²) in [5.41, 5.74) is 5.42. The molecule has 1 aromatic carbocycles. The summed E-state index contributed by atoms with van der Waals surface area (Å²) in [6.45, 7) is 3.17. The first-order valence-electron chi connectivity index (χ1n) is 5.96. The second-order valence-corrected chi connectivity index (χ2v) is 6.25. The van der Waals surface area contributed by atoms with Crippen LogP contribution in [0.5, 0.6) is 0 Å². The number of nitrogens with one attached hydrogen (secondary N) is 1. The summed E-state index contributed by atoms with van der Waals surface area (Å²) in [4.78, 5) is -0.0558. The zero-order valence-corrected chi connectivity index (χ0v) is 11.8. The number of benzene rings is 1. The van der Waals surface area contributed by atoms with Crippen LogP contribution in [0.4, 0.5) is 10.1 Å². The summed E-state index contributed by atoms with van der Waals surface area (Å²) in [5, 5.41) is 8.70. The SMILES string of the molecule is Cc1cc(S(=O)(=O)NC(C)CCCO)cc(N)c1F. The van der Waals surface area contributed by atoms with Crippen LogP contribution < -0.4 is 10.5 Å². The third-order valence-electron chi connectivity index (χ3n) is 2.72.